The van der Waals surface area contributed by atoms with Gasteiger partial charge in [-0.25, -0.2) is 19.2 Å². The van der Waals surface area contributed by atoms with E-state index in [2.05, 4.69) is 15.0 Å². The third-order valence-electron chi connectivity index (χ3n) is 4.30. The summed E-state index contributed by atoms with van der Waals surface area (Å²) in [7, 11) is 0. The number of fused-ring (bicyclic) bond motifs is 1. The predicted octanol–water partition coefficient (Wildman–Crippen LogP) is -1.37. The van der Waals surface area contributed by atoms with Crippen molar-refractivity contribution in [2.75, 3.05) is 6.73 Å². The quantitative estimate of drug-likeness (QED) is 0.140. The highest BCUT2D eigenvalue weighted by Gasteiger charge is 2.36. The molecule has 1 unspecified atom stereocenters. The summed E-state index contributed by atoms with van der Waals surface area (Å²) in [5.41, 5.74) is 2.21. The van der Waals surface area contributed by atoms with Gasteiger partial charge >= 0.3 is 23.9 Å². The van der Waals surface area contributed by atoms with Crippen LogP contribution in [0.15, 0.2) is 41.5 Å². The normalized spacial score (nSPS) is 20.0. The number of rotatable bonds is 6. The zero-order valence-electron chi connectivity index (χ0n) is 14.8. The van der Waals surface area contributed by atoms with Crippen LogP contribution in [-0.4, -0.2) is 41.2 Å². The molecule has 2 aliphatic heterocycles. The molecule has 0 radical (unpaired) electrons. The highest BCUT2D eigenvalue weighted by Crippen LogP contribution is 2.26. The number of allylic oxidation sites excluding steroid dienone is 1. The van der Waals surface area contributed by atoms with Crippen molar-refractivity contribution in [2.24, 2.45) is 0 Å². The summed E-state index contributed by atoms with van der Waals surface area (Å²) in [5, 5.41) is 23.1. The number of hydrogen-bond acceptors (Lipinski definition) is 11. The molecule has 13 heteroatoms. The van der Waals surface area contributed by atoms with Crippen molar-refractivity contribution in [3.05, 3.63) is 63.0 Å². The lowest BCUT2D eigenvalue weighted by molar-refractivity contribution is -1.01. The number of benzene rings is 1. The maximum atomic E-state index is 12.0. The molecule has 1 aliphatic carbocycles. The maximum absolute atomic E-state index is 12.0. The molecule has 2 heterocycles. The molecule has 0 fully saturated rings. The second kappa shape index (κ2) is 7.49. The van der Waals surface area contributed by atoms with Crippen LogP contribution < -0.4 is 10.7 Å². The summed E-state index contributed by atoms with van der Waals surface area (Å²) in [6.07, 6.45) is 2.40. The number of carbonyl (C=O) groups is 4. The fraction of sp³-hybridized carbons (Fsp3) is 0.118. The molecule has 0 saturated carbocycles. The van der Waals surface area contributed by atoms with Crippen LogP contribution in [0.4, 0.5) is 5.69 Å². The Morgan fingerprint density at radius 1 is 1.03 bits per heavy atom. The fourth-order valence-electron chi connectivity index (χ4n) is 2.85. The van der Waals surface area contributed by atoms with E-state index in [1.54, 1.807) is 0 Å². The summed E-state index contributed by atoms with van der Waals surface area (Å²) in [6, 6.07) is 3.66. The van der Waals surface area contributed by atoms with Crippen LogP contribution in [0.5, 0.6) is 0 Å². The van der Waals surface area contributed by atoms with E-state index < -0.39 is 35.8 Å². The van der Waals surface area contributed by atoms with E-state index in [-0.39, 0.29) is 45.0 Å². The lowest BCUT2D eigenvalue weighted by atomic mass is 9.98. The summed E-state index contributed by atoms with van der Waals surface area (Å²) in [6.45, 7) is -0.548. The number of carbonyl (C=O) groups excluding carboxylic acids is 4. The van der Waals surface area contributed by atoms with E-state index in [9.17, 15) is 29.6 Å². The van der Waals surface area contributed by atoms with E-state index in [1.807, 2.05) is 0 Å². The van der Waals surface area contributed by atoms with Crippen molar-refractivity contribution in [1.82, 2.24) is 5.48 Å². The molecule has 0 saturated heterocycles. The van der Waals surface area contributed by atoms with Crippen LogP contribution in [-0.2, 0) is 28.8 Å². The molecule has 1 aromatic rings. The molecule has 0 aromatic heterocycles. The molecule has 0 bridgehead atoms. The van der Waals surface area contributed by atoms with Gasteiger partial charge < -0.3 is 19.5 Å². The second-order valence-electron chi connectivity index (χ2n) is 6.07. The van der Waals surface area contributed by atoms with Crippen LogP contribution in [0.1, 0.15) is 27.1 Å². The first-order chi connectivity index (χ1) is 14.3. The number of esters is 4. The Balaban J connectivity index is 1.30. The Kier molecular flexibility index (Phi) is 4.85. The number of nitrogens with one attached hydrogen (secondary N) is 2. The smallest absolute Gasteiger partial charge is 0.347 e. The minimum absolute atomic E-state index is 0.0235. The van der Waals surface area contributed by atoms with E-state index >= 15 is 0 Å². The zero-order chi connectivity index (χ0) is 21.4. The highest BCUT2D eigenvalue weighted by molar-refractivity contribution is 6.18. The standard InChI is InChI=1S/C17H11N3O10/c21-14-10-3-1-8(5-12(10)16(23)28-14)19(25)27-7-18-30-20(26)9-2-4-11-13(6-9)17(24)29-15(11)22/h1-4,6,18,20H,5,7H2/b19-8+. The van der Waals surface area contributed by atoms with Crippen LogP contribution in [0.2, 0.25) is 0 Å². The van der Waals surface area contributed by atoms with Crippen molar-refractivity contribution in [3.8, 4) is 0 Å². The zero-order valence-corrected chi connectivity index (χ0v) is 14.8. The first-order valence-electron chi connectivity index (χ1n) is 8.33. The highest BCUT2D eigenvalue weighted by atomic mass is 17.0. The average molecular weight is 417 g/mol. The number of ether oxygens (including phenoxy) is 2. The molecule has 1 aromatic carbocycles. The third-order valence-corrected chi connectivity index (χ3v) is 4.30. The number of quaternary nitrogens is 1. The third kappa shape index (κ3) is 3.44. The van der Waals surface area contributed by atoms with Crippen LogP contribution in [0, 0.1) is 10.4 Å². The molecular formula is C17H11N3O10. The minimum Gasteiger partial charge on any atom is -0.593 e. The number of cyclic esters (lactones) is 4. The van der Waals surface area contributed by atoms with Crippen molar-refractivity contribution in [3.63, 3.8) is 0 Å². The molecule has 30 heavy (non-hydrogen) atoms. The first kappa shape index (κ1) is 19.4. The van der Waals surface area contributed by atoms with Gasteiger partial charge in [-0.15, -0.1) is 10.4 Å². The lowest BCUT2D eigenvalue weighted by Gasteiger charge is -2.19. The number of hydroxylamine groups is 1. The van der Waals surface area contributed by atoms with Gasteiger partial charge in [-0.3, -0.25) is 5.21 Å². The molecule has 0 spiro atoms. The van der Waals surface area contributed by atoms with Gasteiger partial charge in [0.15, 0.2) is 5.69 Å². The van der Waals surface area contributed by atoms with Gasteiger partial charge in [0.1, 0.15) is 6.73 Å². The maximum Gasteiger partial charge on any atom is 0.347 e. The van der Waals surface area contributed by atoms with E-state index in [1.165, 1.54) is 24.3 Å². The van der Waals surface area contributed by atoms with Gasteiger partial charge in [-0.1, -0.05) is 0 Å². The van der Waals surface area contributed by atoms with Crippen molar-refractivity contribution >= 4 is 35.3 Å². The number of hydrogen-bond donors (Lipinski definition) is 2. The van der Waals surface area contributed by atoms with Crippen LogP contribution in [0.25, 0.3) is 0 Å². The molecule has 154 valence electrons. The summed E-state index contributed by atoms with van der Waals surface area (Å²) >= 11 is 0. The summed E-state index contributed by atoms with van der Waals surface area (Å²) < 4.78 is 8.87. The van der Waals surface area contributed by atoms with Gasteiger partial charge in [0.25, 0.3) is 0 Å². The van der Waals surface area contributed by atoms with E-state index in [0.717, 1.165) is 6.07 Å². The SMILES string of the molecule is O=C1OC(=O)C2=C1C=C/C(=[N+](/[O-])OCNO[NH+]([O-])c1ccc3c(c1)C(=O)OC3=O)C2. The predicted molar refractivity (Wildman–Crippen MR) is 90.9 cm³/mol. The Morgan fingerprint density at radius 3 is 2.57 bits per heavy atom. The van der Waals surface area contributed by atoms with Gasteiger partial charge in [-0.05, 0) is 12.1 Å². The van der Waals surface area contributed by atoms with Gasteiger partial charge in [0.2, 0.25) is 5.71 Å². The van der Waals surface area contributed by atoms with Crippen LogP contribution >= 0.6 is 0 Å². The van der Waals surface area contributed by atoms with Gasteiger partial charge in [0, 0.05) is 23.1 Å². The molecule has 1 atom stereocenters. The van der Waals surface area contributed by atoms with Crippen molar-refractivity contribution in [2.45, 2.75) is 6.42 Å². The molecular weight excluding hydrogens is 406 g/mol. The molecule has 0 amide bonds. The number of nitrogens with zero attached hydrogens (tertiary/aromatic N) is 1. The summed E-state index contributed by atoms with van der Waals surface area (Å²) in [4.78, 5) is 55.4. The Hall–Kier alpha value is -3.91. The molecule has 4 rings (SSSR count). The minimum atomic E-state index is -0.904. The van der Waals surface area contributed by atoms with Crippen LogP contribution in [0.3, 0.4) is 0 Å². The summed E-state index contributed by atoms with van der Waals surface area (Å²) in [5.74, 6) is -3.27. The lowest BCUT2D eigenvalue weighted by Crippen LogP contribution is -3.02. The molecule has 3 aliphatic rings. The Labute approximate surface area is 166 Å². The average Bonchev–Trinajstić information content (AvgIpc) is 3.19. The van der Waals surface area contributed by atoms with Gasteiger partial charge in [0.05, 0.1) is 28.7 Å². The van der Waals surface area contributed by atoms with E-state index in [4.69, 9.17) is 9.78 Å². The molecule has 13 nitrogen and oxygen atoms in total. The topological polar surface area (TPSA) is 171 Å². The van der Waals surface area contributed by atoms with Crippen molar-refractivity contribution in [1.29, 1.82) is 0 Å². The fourth-order valence-corrected chi connectivity index (χ4v) is 2.85. The second-order valence-corrected chi connectivity index (χ2v) is 6.07. The van der Waals surface area contributed by atoms with Crippen molar-refractivity contribution < 1.29 is 48.6 Å². The Morgan fingerprint density at radius 2 is 1.77 bits per heavy atom. The van der Waals surface area contributed by atoms with Gasteiger partial charge in [-0.2, -0.15) is 5.23 Å². The first-order valence-corrected chi connectivity index (χ1v) is 8.33. The van der Waals surface area contributed by atoms with E-state index in [0.29, 0.717) is 0 Å². The monoisotopic (exact) mass is 417 g/mol. The Bertz CT molecular complexity index is 1090. The largest absolute Gasteiger partial charge is 0.593 e. The molecule has 2 N–H and O–H groups in total.